The van der Waals surface area contributed by atoms with Gasteiger partial charge in [0.2, 0.25) is 0 Å². The molecule has 8 heteroatoms. The number of hydrogen-bond acceptors (Lipinski definition) is 4. The number of nitrogens with two attached hydrogens (primary N) is 1. The van der Waals surface area contributed by atoms with E-state index in [-0.39, 0.29) is 5.56 Å². The molecule has 32 heavy (non-hydrogen) atoms. The monoisotopic (exact) mass is 424 g/mol. The van der Waals surface area contributed by atoms with Gasteiger partial charge in [0.25, 0.3) is 5.56 Å². The number of carbonyl (C=O) groups is 1. The van der Waals surface area contributed by atoms with E-state index in [0.29, 0.717) is 40.8 Å². The molecular weight excluding hydrogens is 404 g/mol. The smallest absolute Gasteiger partial charge is 0.316 e. The van der Waals surface area contributed by atoms with Gasteiger partial charge in [-0.15, -0.1) is 0 Å². The van der Waals surface area contributed by atoms with Crippen LogP contribution in [-0.4, -0.2) is 25.8 Å². The standard InChI is InChI=1S/C24H20N6O2/c25-24(32)27-18-11-5-4-7-15(18)12-13-19-20-21(29-28-19)17-10-6-14-26-22(17)30(23(20)31)16-8-2-1-3-9-16/h1-11,14H,12-13H2,(H,28,29)(H3,25,27,32). The number of benzene rings is 2. The van der Waals surface area contributed by atoms with Crippen molar-refractivity contribution in [1.82, 2.24) is 19.7 Å². The predicted octanol–water partition coefficient (Wildman–Crippen LogP) is 3.54. The Kier molecular flexibility index (Phi) is 4.87. The Balaban J connectivity index is 1.63. The number of fused-ring (bicyclic) bond motifs is 3. The number of anilines is 1. The molecule has 0 saturated heterocycles. The zero-order chi connectivity index (χ0) is 22.1. The van der Waals surface area contributed by atoms with E-state index >= 15 is 0 Å². The SMILES string of the molecule is NC(=O)Nc1ccccc1CCc1n[nH]c2c1c(=O)n(-c1ccccc1)c1ncccc21. The van der Waals surface area contributed by atoms with Crippen molar-refractivity contribution < 1.29 is 4.79 Å². The van der Waals surface area contributed by atoms with Gasteiger partial charge >= 0.3 is 6.03 Å². The van der Waals surface area contributed by atoms with Crippen LogP contribution < -0.4 is 16.6 Å². The second-order valence-corrected chi connectivity index (χ2v) is 7.42. The van der Waals surface area contributed by atoms with Gasteiger partial charge in [-0.05, 0) is 48.7 Å². The second kappa shape index (κ2) is 7.99. The van der Waals surface area contributed by atoms with E-state index < -0.39 is 6.03 Å². The van der Waals surface area contributed by atoms with E-state index in [1.807, 2.05) is 60.7 Å². The summed E-state index contributed by atoms with van der Waals surface area (Å²) < 4.78 is 1.62. The van der Waals surface area contributed by atoms with Crippen LogP contribution in [0.1, 0.15) is 11.3 Å². The van der Waals surface area contributed by atoms with Crippen LogP contribution in [0.2, 0.25) is 0 Å². The van der Waals surface area contributed by atoms with Crippen LogP contribution in [0.15, 0.2) is 77.7 Å². The molecular formula is C24H20N6O2. The number of amides is 2. The number of H-pyrrole nitrogens is 1. The lowest BCUT2D eigenvalue weighted by atomic mass is 10.0. The van der Waals surface area contributed by atoms with E-state index in [2.05, 4.69) is 20.5 Å². The first kappa shape index (κ1) is 19.5. The average molecular weight is 424 g/mol. The summed E-state index contributed by atoms with van der Waals surface area (Å²) in [7, 11) is 0. The topological polar surface area (TPSA) is 119 Å². The van der Waals surface area contributed by atoms with Crippen LogP contribution in [0.3, 0.4) is 0 Å². The fourth-order valence-electron chi connectivity index (χ4n) is 4.03. The summed E-state index contributed by atoms with van der Waals surface area (Å²) in [5.41, 5.74) is 9.31. The molecule has 5 aromatic rings. The highest BCUT2D eigenvalue weighted by molar-refractivity contribution is 6.03. The zero-order valence-electron chi connectivity index (χ0n) is 17.1. The minimum atomic E-state index is -0.618. The summed E-state index contributed by atoms with van der Waals surface area (Å²) in [4.78, 5) is 29.4. The number of urea groups is 1. The van der Waals surface area contributed by atoms with Crippen molar-refractivity contribution >= 4 is 33.7 Å². The first-order valence-electron chi connectivity index (χ1n) is 10.2. The van der Waals surface area contributed by atoms with Crippen molar-refractivity contribution in [1.29, 1.82) is 0 Å². The lowest BCUT2D eigenvalue weighted by Gasteiger charge is -2.11. The Morgan fingerprint density at radius 1 is 1.00 bits per heavy atom. The van der Waals surface area contributed by atoms with Crippen LogP contribution in [0.5, 0.6) is 0 Å². The number of rotatable bonds is 5. The third-order valence-electron chi connectivity index (χ3n) is 5.45. The Morgan fingerprint density at radius 2 is 1.78 bits per heavy atom. The normalized spacial score (nSPS) is 11.1. The zero-order valence-corrected chi connectivity index (χ0v) is 17.1. The van der Waals surface area contributed by atoms with E-state index in [4.69, 9.17) is 5.73 Å². The largest absolute Gasteiger partial charge is 0.351 e. The maximum absolute atomic E-state index is 13.6. The number of para-hydroxylation sites is 2. The van der Waals surface area contributed by atoms with E-state index in [1.54, 1.807) is 16.8 Å². The molecule has 0 saturated carbocycles. The second-order valence-electron chi connectivity index (χ2n) is 7.42. The lowest BCUT2D eigenvalue weighted by Crippen LogP contribution is -2.21. The maximum atomic E-state index is 13.6. The fourth-order valence-corrected chi connectivity index (χ4v) is 4.03. The molecule has 0 fully saturated rings. The van der Waals surface area contributed by atoms with Crippen molar-refractivity contribution in [3.05, 3.63) is 94.5 Å². The first-order chi connectivity index (χ1) is 15.6. The van der Waals surface area contributed by atoms with Gasteiger partial charge < -0.3 is 11.1 Å². The predicted molar refractivity (Wildman–Crippen MR) is 124 cm³/mol. The van der Waals surface area contributed by atoms with Gasteiger partial charge in [-0.2, -0.15) is 5.10 Å². The summed E-state index contributed by atoms with van der Waals surface area (Å²) in [6.45, 7) is 0. The maximum Gasteiger partial charge on any atom is 0.316 e. The number of carbonyl (C=O) groups excluding carboxylic acids is 1. The van der Waals surface area contributed by atoms with Crippen molar-refractivity contribution in [3.8, 4) is 5.69 Å². The van der Waals surface area contributed by atoms with Gasteiger partial charge in [0.1, 0.15) is 5.65 Å². The molecule has 158 valence electrons. The highest BCUT2D eigenvalue weighted by atomic mass is 16.2. The Bertz CT molecular complexity index is 1500. The minimum Gasteiger partial charge on any atom is -0.351 e. The Labute approximate surface area is 182 Å². The molecule has 0 aliphatic heterocycles. The van der Waals surface area contributed by atoms with Crippen LogP contribution in [0, 0.1) is 0 Å². The molecule has 2 aromatic carbocycles. The third kappa shape index (κ3) is 3.37. The van der Waals surface area contributed by atoms with Crippen molar-refractivity contribution in [2.24, 2.45) is 5.73 Å². The molecule has 8 nitrogen and oxygen atoms in total. The van der Waals surface area contributed by atoms with Crippen molar-refractivity contribution in [2.45, 2.75) is 12.8 Å². The molecule has 4 N–H and O–H groups in total. The van der Waals surface area contributed by atoms with Gasteiger partial charge in [-0.3, -0.25) is 14.5 Å². The highest BCUT2D eigenvalue weighted by Gasteiger charge is 2.19. The van der Waals surface area contributed by atoms with Gasteiger partial charge in [0, 0.05) is 17.3 Å². The van der Waals surface area contributed by atoms with Crippen molar-refractivity contribution in [2.75, 3.05) is 5.32 Å². The summed E-state index contributed by atoms with van der Waals surface area (Å²) in [5.74, 6) is 0. The molecule has 0 aliphatic carbocycles. The molecule has 3 heterocycles. The molecule has 3 aromatic heterocycles. The summed E-state index contributed by atoms with van der Waals surface area (Å²) >= 11 is 0. The van der Waals surface area contributed by atoms with Gasteiger partial charge in [0.15, 0.2) is 0 Å². The Morgan fingerprint density at radius 3 is 2.59 bits per heavy atom. The lowest BCUT2D eigenvalue weighted by molar-refractivity contribution is 0.259. The molecule has 5 rings (SSSR count). The third-order valence-corrected chi connectivity index (χ3v) is 5.45. The number of nitrogens with zero attached hydrogens (tertiary/aromatic N) is 3. The number of primary amides is 1. The molecule has 0 unspecified atom stereocenters. The summed E-state index contributed by atoms with van der Waals surface area (Å²) in [6.07, 6.45) is 2.76. The molecule has 0 spiro atoms. The fraction of sp³-hybridized carbons (Fsp3) is 0.0833. The minimum absolute atomic E-state index is 0.176. The number of aryl methyl sites for hydroxylation is 2. The number of nitrogens with one attached hydrogen (secondary N) is 2. The molecule has 0 bridgehead atoms. The van der Waals surface area contributed by atoms with Crippen LogP contribution in [-0.2, 0) is 12.8 Å². The van der Waals surface area contributed by atoms with Gasteiger partial charge in [-0.1, -0.05) is 36.4 Å². The number of aromatic amines is 1. The van der Waals surface area contributed by atoms with Crippen LogP contribution in [0.25, 0.3) is 27.6 Å². The molecule has 0 radical (unpaired) electrons. The number of aromatic nitrogens is 4. The molecule has 0 aliphatic rings. The molecule has 0 atom stereocenters. The van der Waals surface area contributed by atoms with Gasteiger partial charge in [-0.25, -0.2) is 9.78 Å². The van der Waals surface area contributed by atoms with E-state index in [0.717, 1.165) is 16.6 Å². The number of hydrogen-bond donors (Lipinski definition) is 3. The van der Waals surface area contributed by atoms with Crippen molar-refractivity contribution in [3.63, 3.8) is 0 Å². The summed E-state index contributed by atoms with van der Waals surface area (Å²) in [6, 6.07) is 20.0. The van der Waals surface area contributed by atoms with Crippen LogP contribution in [0.4, 0.5) is 10.5 Å². The quantitative estimate of drug-likeness (QED) is 0.400. The number of pyridine rings is 2. The van der Waals surface area contributed by atoms with Gasteiger partial charge in [0.05, 0.1) is 22.3 Å². The van der Waals surface area contributed by atoms with Crippen LogP contribution >= 0.6 is 0 Å². The molecule has 2 amide bonds. The van der Waals surface area contributed by atoms with E-state index in [9.17, 15) is 9.59 Å². The van der Waals surface area contributed by atoms with E-state index in [1.165, 1.54) is 0 Å². The highest BCUT2D eigenvalue weighted by Crippen LogP contribution is 2.25. The average Bonchev–Trinajstić information content (AvgIpc) is 3.24. The Hall–Kier alpha value is -4.46. The summed E-state index contributed by atoms with van der Waals surface area (Å²) in [5, 5.41) is 11.5. The first-order valence-corrected chi connectivity index (χ1v) is 10.2.